The molecule has 0 radical (unpaired) electrons. The molecule has 2 heterocycles. The van der Waals surface area contributed by atoms with Crippen LogP contribution in [0.5, 0.6) is 0 Å². The highest BCUT2D eigenvalue weighted by Crippen LogP contribution is 2.26. The number of hydrogen-bond donors (Lipinski definition) is 3. The largest absolute Gasteiger partial charge is 0.357 e. The molecule has 0 bridgehead atoms. The van der Waals surface area contributed by atoms with Gasteiger partial charge < -0.3 is 9.97 Å². The number of rotatable bonds is 3. The number of hydrogen-bond acceptors (Lipinski definition) is 3. The Bertz CT molecular complexity index is 1320. The van der Waals surface area contributed by atoms with Crippen LogP contribution in [0.3, 0.4) is 0 Å². The third-order valence-corrected chi connectivity index (χ3v) is 5.61. The van der Waals surface area contributed by atoms with E-state index in [4.69, 9.17) is 0 Å². The van der Waals surface area contributed by atoms with Gasteiger partial charge in [0.05, 0.1) is 10.6 Å². The molecule has 132 valence electrons. The number of anilines is 1. The van der Waals surface area contributed by atoms with E-state index in [-0.39, 0.29) is 10.5 Å². The van der Waals surface area contributed by atoms with Crippen LogP contribution in [0.15, 0.2) is 58.4 Å². The molecule has 3 N–H and O–H groups in total. The Balaban J connectivity index is 1.85. The van der Waals surface area contributed by atoms with E-state index in [9.17, 15) is 17.6 Å². The number of aromatic nitrogens is 2. The maximum absolute atomic E-state index is 13.2. The lowest BCUT2D eigenvalue weighted by Gasteiger charge is -2.11. The molecule has 0 fully saturated rings. The van der Waals surface area contributed by atoms with E-state index < -0.39 is 15.8 Å². The van der Waals surface area contributed by atoms with Gasteiger partial charge in [0.15, 0.2) is 0 Å². The summed E-state index contributed by atoms with van der Waals surface area (Å²) in [4.78, 5) is 17.6. The minimum atomic E-state index is -3.88. The predicted octanol–water partition coefficient (Wildman–Crippen LogP) is 3.26. The third-order valence-electron chi connectivity index (χ3n) is 4.25. The summed E-state index contributed by atoms with van der Waals surface area (Å²) in [5.41, 5.74) is 1.44. The van der Waals surface area contributed by atoms with Gasteiger partial charge in [0.2, 0.25) is 0 Å². The van der Waals surface area contributed by atoms with Gasteiger partial charge in [-0.1, -0.05) is 0 Å². The molecule has 2 aromatic carbocycles. The molecule has 0 aliphatic heterocycles. The van der Waals surface area contributed by atoms with Crippen LogP contribution < -0.4 is 10.3 Å². The number of fused-ring (bicyclic) bond motifs is 3. The summed E-state index contributed by atoms with van der Waals surface area (Å²) >= 11 is 0. The lowest BCUT2D eigenvalue weighted by Crippen LogP contribution is -2.14. The van der Waals surface area contributed by atoms with Crippen LogP contribution in [-0.2, 0) is 10.0 Å². The molecular formula is C18H14FN3O3S. The van der Waals surface area contributed by atoms with Gasteiger partial charge in [0, 0.05) is 22.5 Å². The number of halogens is 1. The van der Waals surface area contributed by atoms with E-state index in [0.717, 1.165) is 0 Å². The van der Waals surface area contributed by atoms with Crippen molar-refractivity contribution in [3.63, 3.8) is 0 Å². The van der Waals surface area contributed by atoms with Crippen molar-refractivity contribution < 1.29 is 12.8 Å². The van der Waals surface area contributed by atoms with Crippen molar-refractivity contribution in [2.45, 2.75) is 11.8 Å². The molecule has 0 saturated heterocycles. The van der Waals surface area contributed by atoms with Gasteiger partial charge in [-0.15, -0.1) is 0 Å². The van der Waals surface area contributed by atoms with E-state index in [1.54, 1.807) is 25.3 Å². The maximum atomic E-state index is 13.2. The Morgan fingerprint density at radius 3 is 2.62 bits per heavy atom. The molecular weight excluding hydrogens is 357 g/mol. The Labute approximate surface area is 147 Å². The maximum Gasteiger partial charge on any atom is 0.272 e. The molecule has 8 heteroatoms. The number of aromatic amines is 2. The number of H-pyrrole nitrogens is 2. The molecule has 0 aliphatic rings. The summed E-state index contributed by atoms with van der Waals surface area (Å²) in [7, 11) is -3.88. The number of sulfonamides is 1. The van der Waals surface area contributed by atoms with Crippen LogP contribution >= 0.6 is 0 Å². The molecule has 4 aromatic rings. The zero-order valence-electron chi connectivity index (χ0n) is 13.6. The first-order valence-electron chi connectivity index (χ1n) is 7.77. The fourth-order valence-corrected chi connectivity index (χ4v) is 4.09. The van der Waals surface area contributed by atoms with Crippen LogP contribution in [0.2, 0.25) is 0 Å². The molecule has 0 amide bonds. The van der Waals surface area contributed by atoms with Gasteiger partial charge >= 0.3 is 0 Å². The highest BCUT2D eigenvalue weighted by molar-refractivity contribution is 7.92. The summed E-state index contributed by atoms with van der Waals surface area (Å²) in [6.45, 7) is 1.62. The van der Waals surface area contributed by atoms with Gasteiger partial charge in [0.1, 0.15) is 11.3 Å². The monoisotopic (exact) mass is 371 g/mol. The minimum Gasteiger partial charge on any atom is -0.357 e. The van der Waals surface area contributed by atoms with Gasteiger partial charge in [0.25, 0.3) is 15.6 Å². The van der Waals surface area contributed by atoms with Crippen molar-refractivity contribution in [1.82, 2.24) is 9.97 Å². The van der Waals surface area contributed by atoms with Crippen LogP contribution in [0.1, 0.15) is 5.56 Å². The highest BCUT2D eigenvalue weighted by Gasteiger charge is 2.17. The van der Waals surface area contributed by atoms with Crippen molar-refractivity contribution in [1.29, 1.82) is 0 Å². The minimum absolute atomic E-state index is 0.0447. The zero-order valence-corrected chi connectivity index (χ0v) is 14.4. The molecule has 0 unspecified atom stereocenters. The normalized spacial score (nSPS) is 11.9. The number of aryl methyl sites for hydroxylation is 1. The summed E-state index contributed by atoms with van der Waals surface area (Å²) < 4.78 is 41.2. The van der Waals surface area contributed by atoms with Crippen molar-refractivity contribution in [3.05, 3.63) is 70.4 Å². The fraction of sp³-hybridized carbons (Fsp3) is 0.0556. The summed E-state index contributed by atoms with van der Waals surface area (Å²) in [5.74, 6) is -0.435. The van der Waals surface area contributed by atoms with E-state index in [1.807, 2.05) is 0 Å². The van der Waals surface area contributed by atoms with E-state index in [2.05, 4.69) is 14.7 Å². The van der Waals surface area contributed by atoms with Gasteiger partial charge in [-0.2, -0.15) is 0 Å². The van der Waals surface area contributed by atoms with Crippen molar-refractivity contribution in [2.75, 3.05) is 4.72 Å². The molecule has 2 aromatic heterocycles. The Morgan fingerprint density at radius 2 is 1.85 bits per heavy atom. The van der Waals surface area contributed by atoms with Crippen LogP contribution in [-0.4, -0.2) is 18.4 Å². The van der Waals surface area contributed by atoms with Crippen molar-refractivity contribution in [2.24, 2.45) is 0 Å². The third kappa shape index (κ3) is 2.64. The second-order valence-corrected chi connectivity index (χ2v) is 7.68. The summed E-state index contributed by atoms with van der Waals surface area (Å²) in [6, 6.07) is 10.0. The van der Waals surface area contributed by atoms with E-state index >= 15 is 0 Å². The highest BCUT2D eigenvalue weighted by atomic mass is 32.2. The smallest absolute Gasteiger partial charge is 0.272 e. The Hall–Kier alpha value is -3.13. The number of pyridine rings is 1. The summed E-state index contributed by atoms with van der Waals surface area (Å²) in [5, 5.41) is 1.25. The van der Waals surface area contributed by atoms with Gasteiger partial charge in [-0.3, -0.25) is 9.52 Å². The second kappa shape index (κ2) is 5.70. The number of nitrogens with one attached hydrogen (secondary N) is 3. The SMILES string of the molecule is Cc1cc(F)ccc1NS(=O)(=O)c1ccc2[nH]c(=O)c3[nH]ccc3c2c1. The van der Waals surface area contributed by atoms with Crippen LogP contribution in [0.25, 0.3) is 21.8 Å². The Kier molecular flexibility index (Phi) is 3.58. The second-order valence-electron chi connectivity index (χ2n) is 5.99. The van der Waals surface area contributed by atoms with Crippen molar-refractivity contribution >= 4 is 37.5 Å². The molecule has 26 heavy (non-hydrogen) atoms. The van der Waals surface area contributed by atoms with E-state index in [1.165, 1.54) is 30.3 Å². The standard InChI is InChI=1S/C18H14FN3O3S/c1-10-8-11(19)2-4-15(10)22-26(24,25)12-3-5-16-14(9-12)13-6-7-20-17(13)18(23)21-16/h2-9,20,22H,1H3,(H,21,23). The molecule has 4 rings (SSSR count). The molecule has 0 aliphatic carbocycles. The molecule has 0 atom stereocenters. The fourth-order valence-electron chi connectivity index (χ4n) is 2.93. The first-order chi connectivity index (χ1) is 12.3. The first-order valence-corrected chi connectivity index (χ1v) is 9.25. The van der Waals surface area contributed by atoms with Crippen LogP contribution in [0.4, 0.5) is 10.1 Å². The lowest BCUT2D eigenvalue weighted by molar-refractivity contribution is 0.601. The predicted molar refractivity (Wildman–Crippen MR) is 98.4 cm³/mol. The average molecular weight is 371 g/mol. The lowest BCUT2D eigenvalue weighted by atomic mass is 10.1. The number of benzene rings is 2. The molecule has 6 nitrogen and oxygen atoms in total. The van der Waals surface area contributed by atoms with Crippen molar-refractivity contribution in [3.8, 4) is 0 Å². The molecule has 0 saturated carbocycles. The molecule has 0 spiro atoms. The van der Waals surface area contributed by atoms with Crippen LogP contribution in [0, 0.1) is 12.7 Å². The Morgan fingerprint density at radius 1 is 1.04 bits per heavy atom. The average Bonchev–Trinajstić information content (AvgIpc) is 3.08. The van der Waals surface area contributed by atoms with Gasteiger partial charge in [-0.05, 0) is 55.0 Å². The topological polar surface area (TPSA) is 94.8 Å². The zero-order chi connectivity index (χ0) is 18.5. The quantitative estimate of drug-likeness (QED) is 0.516. The summed E-state index contributed by atoms with van der Waals surface area (Å²) in [6.07, 6.45) is 1.63. The van der Waals surface area contributed by atoms with E-state index in [0.29, 0.717) is 33.1 Å². The first kappa shape index (κ1) is 16.3. The van der Waals surface area contributed by atoms with Gasteiger partial charge in [-0.25, -0.2) is 12.8 Å².